The maximum atomic E-state index is 6.38. The van der Waals surface area contributed by atoms with E-state index in [0.717, 1.165) is 17.9 Å². The second-order valence-electron chi connectivity index (χ2n) is 6.82. The zero-order valence-electron chi connectivity index (χ0n) is 13.9. The van der Waals surface area contributed by atoms with Gasteiger partial charge in [-0.2, -0.15) is 0 Å². The highest BCUT2D eigenvalue weighted by Gasteiger charge is 2.23. The average molecular weight is 313 g/mol. The first kappa shape index (κ1) is 13.7. The van der Waals surface area contributed by atoms with Gasteiger partial charge in [-0.1, -0.05) is 42.5 Å². The molecule has 1 aliphatic heterocycles. The third-order valence-electron chi connectivity index (χ3n) is 4.99. The first-order chi connectivity index (χ1) is 11.7. The van der Waals surface area contributed by atoms with E-state index in [1.807, 2.05) is 6.07 Å². The van der Waals surface area contributed by atoms with Crippen molar-refractivity contribution in [1.82, 2.24) is 4.57 Å². The van der Waals surface area contributed by atoms with Gasteiger partial charge in [0.1, 0.15) is 11.5 Å². The molecule has 0 saturated heterocycles. The number of nitrogens with zero attached hydrogens (tertiary/aromatic N) is 1. The summed E-state index contributed by atoms with van der Waals surface area (Å²) >= 11 is 0. The van der Waals surface area contributed by atoms with E-state index in [1.54, 1.807) is 0 Å². The van der Waals surface area contributed by atoms with Gasteiger partial charge >= 0.3 is 0 Å². The van der Waals surface area contributed by atoms with Crippen LogP contribution in [0.3, 0.4) is 0 Å². The molecule has 2 nitrogen and oxygen atoms in total. The van der Waals surface area contributed by atoms with E-state index >= 15 is 0 Å². The van der Waals surface area contributed by atoms with E-state index in [4.69, 9.17) is 4.74 Å². The number of ether oxygens (including phenoxy) is 1. The molecule has 0 bridgehead atoms. The monoisotopic (exact) mass is 313 g/mol. The standard InChI is InChI=1S/C22H19NO/c1-14(2)23-18-9-5-4-8-17(18)21-19(23)12-11-16-13-15-7-3-6-10-20(15)24-22(16)21/h3-12,14H,13H2,1-2H3. The maximum absolute atomic E-state index is 6.38. The summed E-state index contributed by atoms with van der Waals surface area (Å²) in [5.41, 5.74) is 5.06. The van der Waals surface area contributed by atoms with Crippen molar-refractivity contribution >= 4 is 21.8 Å². The minimum atomic E-state index is 0.404. The van der Waals surface area contributed by atoms with Crippen LogP contribution in [0.1, 0.15) is 31.0 Å². The third-order valence-corrected chi connectivity index (χ3v) is 4.99. The summed E-state index contributed by atoms with van der Waals surface area (Å²) in [5, 5.41) is 2.52. The second kappa shape index (κ2) is 4.88. The highest BCUT2D eigenvalue weighted by Crippen LogP contribution is 2.45. The molecule has 0 atom stereocenters. The lowest BCUT2D eigenvalue weighted by Crippen LogP contribution is -2.04. The summed E-state index contributed by atoms with van der Waals surface area (Å²) in [6.07, 6.45) is 0.933. The maximum Gasteiger partial charge on any atom is 0.140 e. The molecule has 4 aromatic rings. The number of rotatable bonds is 1. The van der Waals surface area contributed by atoms with Crippen molar-refractivity contribution in [3.05, 3.63) is 71.8 Å². The molecular formula is C22H19NO. The highest BCUT2D eigenvalue weighted by atomic mass is 16.5. The van der Waals surface area contributed by atoms with Gasteiger partial charge in [0.2, 0.25) is 0 Å². The molecule has 3 aromatic carbocycles. The van der Waals surface area contributed by atoms with E-state index in [0.29, 0.717) is 6.04 Å². The predicted molar refractivity (Wildman–Crippen MR) is 99.2 cm³/mol. The van der Waals surface area contributed by atoms with Crippen LogP contribution in [-0.4, -0.2) is 4.57 Å². The summed E-state index contributed by atoms with van der Waals surface area (Å²) in [7, 11) is 0. The Morgan fingerprint density at radius 2 is 1.62 bits per heavy atom. The Labute approximate surface area is 141 Å². The molecular weight excluding hydrogens is 294 g/mol. The zero-order chi connectivity index (χ0) is 16.3. The molecule has 1 aliphatic rings. The first-order valence-electron chi connectivity index (χ1n) is 8.54. The number of hydrogen-bond acceptors (Lipinski definition) is 1. The molecule has 0 unspecified atom stereocenters. The Balaban J connectivity index is 1.89. The Hall–Kier alpha value is -2.74. The van der Waals surface area contributed by atoms with Crippen LogP contribution in [-0.2, 0) is 6.42 Å². The molecule has 5 rings (SSSR count). The molecule has 0 saturated carbocycles. The summed E-state index contributed by atoms with van der Waals surface area (Å²) < 4.78 is 8.79. The van der Waals surface area contributed by atoms with Crippen molar-refractivity contribution in [2.45, 2.75) is 26.3 Å². The Morgan fingerprint density at radius 3 is 2.50 bits per heavy atom. The van der Waals surface area contributed by atoms with Crippen molar-refractivity contribution < 1.29 is 4.74 Å². The number of para-hydroxylation sites is 2. The molecule has 0 aliphatic carbocycles. The molecule has 0 fully saturated rings. The predicted octanol–water partition coefficient (Wildman–Crippen LogP) is 6.07. The largest absolute Gasteiger partial charge is 0.456 e. The fourth-order valence-electron chi connectivity index (χ4n) is 3.98. The van der Waals surface area contributed by atoms with Crippen molar-refractivity contribution in [3.8, 4) is 11.5 Å². The van der Waals surface area contributed by atoms with Crippen molar-refractivity contribution in [2.75, 3.05) is 0 Å². The zero-order valence-corrected chi connectivity index (χ0v) is 13.9. The Kier molecular flexibility index (Phi) is 2.78. The van der Waals surface area contributed by atoms with Gasteiger partial charge in [-0.25, -0.2) is 0 Å². The van der Waals surface area contributed by atoms with Crippen LogP contribution in [0, 0.1) is 0 Å². The van der Waals surface area contributed by atoms with Gasteiger partial charge in [-0.3, -0.25) is 0 Å². The topological polar surface area (TPSA) is 14.2 Å². The lowest BCUT2D eigenvalue weighted by Gasteiger charge is -2.21. The van der Waals surface area contributed by atoms with Crippen molar-refractivity contribution in [2.24, 2.45) is 0 Å². The summed E-state index contributed by atoms with van der Waals surface area (Å²) in [5.74, 6) is 2.01. The fraction of sp³-hybridized carbons (Fsp3) is 0.182. The van der Waals surface area contributed by atoms with Crippen LogP contribution in [0.2, 0.25) is 0 Å². The van der Waals surface area contributed by atoms with Crippen LogP contribution < -0.4 is 4.74 Å². The van der Waals surface area contributed by atoms with Crippen LogP contribution in [0.5, 0.6) is 11.5 Å². The summed E-state index contributed by atoms with van der Waals surface area (Å²) in [6.45, 7) is 4.48. The van der Waals surface area contributed by atoms with Crippen molar-refractivity contribution in [3.63, 3.8) is 0 Å². The van der Waals surface area contributed by atoms with Gasteiger partial charge in [0.15, 0.2) is 0 Å². The van der Waals surface area contributed by atoms with Crippen LogP contribution >= 0.6 is 0 Å². The van der Waals surface area contributed by atoms with E-state index in [2.05, 4.69) is 73.0 Å². The molecule has 24 heavy (non-hydrogen) atoms. The molecule has 0 amide bonds. The molecule has 1 aromatic heterocycles. The van der Waals surface area contributed by atoms with Crippen LogP contribution in [0.4, 0.5) is 0 Å². The fourth-order valence-corrected chi connectivity index (χ4v) is 3.98. The van der Waals surface area contributed by atoms with Gasteiger partial charge in [0.05, 0.1) is 10.9 Å². The van der Waals surface area contributed by atoms with Gasteiger partial charge in [-0.15, -0.1) is 0 Å². The van der Waals surface area contributed by atoms with Gasteiger partial charge in [0.25, 0.3) is 0 Å². The van der Waals surface area contributed by atoms with E-state index in [1.165, 1.54) is 32.9 Å². The molecule has 2 heterocycles. The number of fused-ring (bicyclic) bond motifs is 6. The van der Waals surface area contributed by atoms with Crippen molar-refractivity contribution in [1.29, 1.82) is 0 Å². The van der Waals surface area contributed by atoms with Gasteiger partial charge in [-0.05, 0) is 37.6 Å². The molecule has 118 valence electrons. The molecule has 2 heteroatoms. The first-order valence-corrected chi connectivity index (χ1v) is 8.54. The van der Waals surface area contributed by atoms with E-state index < -0.39 is 0 Å². The highest BCUT2D eigenvalue weighted by molar-refractivity contribution is 6.12. The Bertz CT molecular complexity index is 1090. The number of benzene rings is 3. The van der Waals surface area contributed by atoms with Crippen LogP contribution in [0.15, 0.2) is 60.7 Å². The van der Waals surface area contributed by atoms with Gasteiger partial charge in [0, 0.05) is 28.9 Å². The van der Waals surface area contributed by atoms with E-state index in [9.17, 15) is 0 Å². The molecule has 0 radical (unpaired) electrons. The second-order valence-corrected chi connectivity index (χ2v) is 6.82. The third kappa shape index (κ3) is 1.77. The smallest absolute Gasteiger partial charge is 0.140 e. The van der Waals surface area contributed by atoms with Crippen LogP contribution in [0.25, 0.3) is 21.8 Å². The lowest BCUT2D eigenvalue weighted by molar-refractivity contribution is 0.466. The lowest BCUT2D eigenvalue weighted by atomic mass is 9.98. The summed E-state index contributed by atoms with van der Waals surface area (Å²) in [4.78, 5) is 0. The van der Waals surface area contributed by atoms with Gasteiger partial charge < -0.3 is 9.30 Å². The molecule has 0 N–H and O–H groups in total. The number of hydrogen-bond donors (Lipinski definition) is 0. The summed E-state index contributed by atoms with van der Waals surface area (Å²) in [6, 6.07) is 21.9. The quantitative estimate of drug-likeness (QED) is 0.366. The normalized spacial score (nSPS) is 13.1. The molecule has 0 spiro atoms. The van der Waals surface area contributed by atoms with E-state index in [-0.39, 0.29) is 0 Å². The Morgan fingerprint density at radius 1 is 0.833 bits per heavy atom. The SMILES string of the molecule is CC(C)n1c2ccccc2c2c3c(ccc21)Cc1ccccc1O3. The average Bonchev–Trinajstić information content (AvgIpc) is 2.95. The minimum Gasteiger partial charge on any atom is -0.456 e. The number of aromatic nitrogens is 1. The minimum absolute atomic E-state index is 0.404.